The highest BCUT2D eigenvalue weighted by Crippen LogP contribution is 2.17. The van der Waals surface area contributed by atoms with Crippen molar-refractivity contribution in [3.8, 4) is 12.1 Å². The summed E-state index contributed by atoms with van der Waals surface area (Å²) in [6.45, 7) is 0. The summed E-state index contributed by atoms with van der Waals surface area (Å²) >= 11 is 4.73. The first-order chi connectivity index (χ1) is 9.75. The van der Waals surface area contributed by atoms with E-state index in [0.717, 1.165) is 6.07 Å². The maximum atomic E-state index is 12.0. The number of halogens is 1. The molecule has 0 aromatic heterocycles. The van der Waals surface area contributed by atoms with Crippen LogP contribution >= 0.6 is 11.9 Å². The van der Waals surface area contributed by atoms with E-state index < -0.39 is 31.5 Å². The van der Waals surface area contributed by atoms with Gasteiger partial charge in [-0.25, -0.2) is 8.42 Å². The quantitative estimate of drug-likeness (QED) is 0.753. The van der Waals surface area contributed by atoms with Crippen molar-refractivity contribution in [2.45, 2.75) is 11.3 Å². The molecule has 1 aromatic carbocycles. The first-order valence-corrected chi connectivity index (χ1v) is 8.99. The molecule has 1 rings (SSSR count). The number of rotatable bonds is 6. The van der Waals surface area contributed by atoms with Crippen molar-refractivity contribution in [3.63, 3.8) is 0 Å². The van der Waals surface area contributed by atoms with Gasteiger partial charge in [0.2, 0.25) is 0 Å². The first-order valence-electron chi connectivity index (χ1n) is 5.45. The number of benzene rings is 1. The zero-order chi connectivity index (χ0) is 16.1. The second kappa shape index (κ2) is 6.87. The fourth-order valence-electron chi connectivity index (χ4n) is 1.48. The van der Waals surface area contributed by atoms with Gasteiger partial charge < -0.3 is 0 Å². The summed E-state index contributed by atoms with van der Waals surface area (Å²) in [4.78, 5) is -0.151. The summed E-state index contributed by atoms with van der Waals surface area (Å²) in [5.41, 5.74) is 0.00450. The van der Waals surface area contributed by atoms with E-state index in [1.165, 1.54) is 12.1 Å². The van der Waals surface area contributed by atoms with Gasteiger partial charge in [0, 0.05) is 0 Å². The zero-order valence-electron chi connectivity index (χ0n) is 10.5. The van der Waals surface area contributed by atoms with Gasteiger partial charge in [-0.15, -0.1) is 0 Å². The molecule has 0 saturated heterocycles. The summed E-state index contributed by atoms with van der Waals surface area (Å²) < 4.78 is 49.7. The van der Waals surface area contributed by atoms with Crippen LogP contribution in [-0.2, 0) is 23.7 Å². The third-order valence-electron chi connectivity index (χ3n) is 2.49. The number of nitrogens with zero attached hydrogens (tertiary/aromatic N) is 2. The van der Waals surface area contributed by atoms with Gasteiger partial charge in [0.1, 0.15) is 12.1 Å². The molecule has 0 bridgehead atoms. The molecule has 0 amide bonds. The van der Waals surface area contributed by atoms with Crippen LogP contribution in [0.1, 0.15) is 17.5 Å². The minimum absolute atomic E-state index is 0.0599. The van der Waals surface area contributed by atoms with Gasteiger partial charge in [-0.3, -0.25) is 0 Å². The lowest BCUT2D eigenvalue weighted by Crippen LogP contribution is -2.13. The second-order valence-corrected chi connectivity index (χ2v) is 8.06. The van der Waals surface area contributed by atoms with Crippen LogP contribution in [0.15, 0.2) is 23.1 Å². The highest BCUT2D eigenvalue weighted by atomic mass is 35.5. The molecule has 112 valence electrons. The number of sulfone groups is 1. The Bertz CT molecular complexity index is 819. The summed E-state index contributed by atoms with van der Waals surface area (Å²) in [7, 11) is -7.71. The first kappa shape index (κ1) is 17.4. The molecule has 0 heterocycles. The lowest BCUT2D eigenvalue weighted by Gasteiger charge is -2.05. The Balaban J connectivity index is 2.95. The zero-order valence-corrected chi connectivity index (χ0v) is 12.9. The van der Waals surface area contributed by atoms with Gasteiger partial charge >= 0.3 is 0 Å². The molecular formula is C11H9ClN2O5S2. The molecule has 0 spiro atoms. The van der Waals surface area contributed by atoms with E-state index in [0.29, 0.717) is 0 Å². The van der Waals surface area contributed by atoms with Crippen LogP contribution in [0.4, 0.5) is 0 Å². The van der Waals surface area contributed by atoms with Crippen molar-refractivity contribution in [3.05, 3.63) is 29.3 Å². The molecule has 0 N–H and O–H groups in total. The van der Waals surface area contributed by atoms with Crippen LogP contribution in [0, 0.1) is 22.7 Å². The van der Waals surface area contributed by atoms with Crippen LogP contribution in [0.3, 0.4) is 0 Å². The Morgan fingerprint density at radius 3 is 2.19 bits per heavy atom. The Labute approximate surface area is 127 Å². The Kier molecular flexibility index (Phi) is 5.70. The number of hydrogen-bond donors (Lipinski definition) is 0. The van der Waals surface area contributed by atoms with Gasteiger partial charge in [-0.2, -0.15) is 22.7 Å². The van der Waals surface area contributed by atoms with Gasteiger partial charge in [0.25, 0.3) is 10.1 Å². The lowest BCUT2D eigenvalue weighted by molar-refractivity contribution is 0.507. The van der Waals surface area contributed by atoms with Gasteiger partial charge in [0.15, 0.2) is 9.84 Å². The molecular weight excluding hydrogens is 340 g/mol. The van der Waals surface area contributed by atoms with Crippen LogP contribution in [-0.4, -0.2) is 28.3 Å². The van der Waals surface area contributed by atoms with Crippen molar-refractivity contribution < 1.29 is 20.6 Å². The van der Waals surface area contributed by atoms with Crippen LogP contribution in [0.5, 0.6) is 0 Å². The molecule has 0 aliphatic rings. The predicted molar refractivity (Wildman–Crippen MR) is 73.3 cm³/mol. The third-order valence-corrected chi connectivity index (χ3v) is 5.85. The fraction of sp³-hybridized carbons (Fsp3) is 0.273. The molecule has 0 aliphatic carbocycles. The highest BCUT2D eigenvalue weighted by molar-refractivity contribution is 7.91. The number of nitriles is 2. The van der Waals surface area contributed by atoms with Crippen LogP contribution in [0.25, 0.3) is 0 Å². The Morgan fingerprint density at radius 2 is 1.67 bits per heavy atom. The average molecular weight is 349 g/mol. The molecule has 0 unspecified atom stereocenters. The summed E-state index contributed by atoms with van der Waals surface area (Å²) in [5, 5.41) is 17.6. The minimum atomic E-state index is -3.94. The van der Waals surface area contributed by atoms with Crippen LogP contribution < -0.4 is 0 Å². The molecule has 10 heteroatoms. The van der Waals surface area contributed by atoms with Crippen molar-refractivity contribution in [2.75, 3.05) is 11.5 Å². The SMILES string of the molecule is N#Cc1ccc(S(=O)(=O)CCCS(=O)(=O)OCl)cc1C#N. The number of hydrogen-bond acceptors (Lipinski definition) is 7. The smallest absolute Gasteiger partial charge is 0.224 e. The molecule has 21 heavy (non-hydrogen) atoms. The summed E-state index contributed by atoms with van der Waals surface area (Å²) in [6.07, 6.45) is -0.209. The second-order valence-electron chi connectivity index (χ2n) is 3.93. The predicted octanol–water partition coefficient (Wildman–Crippen LogP) is 1.09. The third kappa shape index (κ3) is 4.69. The maximum Gasteiger partial charge on any atom is 0.283 e. The van der Waals surface area contributed by atoms with E-state index in [9.17, 15) is 16.8 Å². The van der Waals surface area contributed by atoms with E-state index in [1.807, 2.05) is 0 Å². The Hall–Kier alpha value is -1.65. The molecule has 0 aliphatic heterocycles. The maximum absolute atomic E-state index is 12.0. The summed E-state index contributed by atoms with van der Waals surface area (Å²) in [6, 6.07) is 7.00. The highest BCUT2D eigenvalue weighted by Gasteiger charge is 2.19. The van der Waals surface area contributed by atoms with E-state index >= 15 is 0 Å². The van der Waals surface area contributed by atoms with Gasteiger partial charge in [-0.05, 0) is 24.6 Å². The molecule has 0 atom stereocenters. The largest absolute Gasteiger partial charge is 0.283 e. The van der Waals surface area contributed by atoms with Gasteiger partial charge in [0.05, 0.1) is 39.4 Å². The summed E-state index contributed by atoms with van der Waals surface area (Å²) in [5.74, 6) is -1.000. The monoisotopic (exact) mass is 348 g/mol. The average Bonchev–Trinajstić information content (AvgIpc) is 2.46. The Morgan fingerprint density at radius 1 is 1.05 bits per heavy atom. The standard InChI is InChI=1S/C11H9ClN2O5S2/c12-19-21(17,18)5-1-4-20(15,16)11-3-2-9(7-13)10(6-11)8-14/h2-3,6H,1,4-5H2. The van der Waals surface area contributed by atoms with Crippen molar-refractivity contribution in [1.29, 1.82) is 10.5 Å². The normalized spacial score (nSPS) is 11.6. The van der Waals surface area contributed by atoms with Crippen molar-refractivity contribution in [2.24, 2.45) is 0 Å². The van der Waals surface area contributed by atoms with E-state index in [-0.39, 0.29) is 22.4 Å². The molecule has 7 nitrogen and oxygen atoms in total. The van der Waals surface area contributed by atoms with E-state index in [1.54, 1.807) is 12.1 Å². The molecule has 0 fully saturated rings. The van der Waals surface area contributed by atoms with E-state index in [4.69, 9.17) is 22.4 Å². The minimum Gasteiger partial charge on any atom is -0.224 e. The van der Waals surface area contributed by atoms with Crippen molar-refractivity contribution >= 4 is 31.8 Å². The molecule has 1 aromatic rings. The lowest BCUT2D eigenvalue weighted by atomic mass is 10.1. The van der Waals surface area contributed by atoms with Crippen LogP contribution in [0.2, 0.25) is 0 Å². The van der Waals surface area contributed by atoms with Gasteiger partial charge in [-0.1, -0.05) is 0 Å². The van der Waals surface area contributed by atoms with Crippen molar-refractivity contribution in [1.82, 2.24) is 0 Å². The fourth-order valence-corrected chi connectivity index (χ4v) is 3.75. The topological polar surface area (TPSA) is 125 Å². The molecule has 0 radical (unpaired) electrons. The molecule has 0 saturated carbocycles. The van der Waals surface area contributed by atoms with E-state index in [2.05, 4.69) is 3.74 Å².